The number of anilines is 3. The quantitative estimate of drug-likeness (QED) is 0.721. The van der Waals surface area contributed by atoms with E-state index in [4.69, 9.17) is 14.7 Å². The zero-order valence-corrected chi connectivity index (χ0v) is 16.9. The number of aliphatic hydroxyl groups is 1. The molecule has 3 amide bonds. The number of aliphatic hydroxyl groups excluding tert-OH is 1. The van der Waals surface area contributed by atoms with Crippen molar-refractivity contribution in [1.82, 2.24) is 0 Å². The van der Waals surface area contributed by atoms with Crippen LogP contribution in [0.3, 0.4) is 0 Å². The SMILES string of the molecule is N#Cc1ccc(NC(=O)C(O)[C@H]2OCCN(c3ccc(N4CCOC4=O)cc3)C2=O)cc1. The molecule has 32 heavy (non-hydrogen) atoms. The van der Waals surface area contributed by atoms with Crippen molar-refractivity contribution in [2.24, 2.45) is 0 Å². The number of hydrogen-bond acceptors (Lipinski definition) is 7. The first-order valence-electron chi connectivity index (χ1n) is 9.94. The Morgan fingerprint density at radius 3 is 2.25 bits per heavy atom. The number of rotatable bonds is 5. The fourth-order valence-electron chi connectivity index (χ4n) is 3.51. The maximum Gasteiger partial charge on any atom is 0.414 e. The molecule has 4 rings (SSSR count). The van der Waals surface area contributed by atoms with Gasteiger partial charge in [-0.25, -0.2) is 4.79 Å². The number of ether oxygens (including phenoxy) is 2. The van der Waals surface area contributed by atoms with Gasteiger partial charge in [0.05, 0.1) is 24.8 Å². The molecule has 1 unspecified atom stereocenters. The Labute approximate surface area is 183 Å². The van der Waals surface area contributed by atoms with E-state index in [1.807, 2.05) is 6.07 Å². The van der Waals surface area contributed by atoms with Gasteiger partial charge in [-0.2, -0.15) is 5.26 Å². The molecule has 0 saturated carbocycles. The van der Waals surface area contributed by atoms with Crippen molar-refractivity contribution < 1.29 is 29.0 Å². The molecular weight excluding hydrogens is 416 g/mol. The monoisotopic (exact) mass is 436 g/mol. The van der Waals surface area contributed by atoms with Crippen LogP contribution in [-0.4, -0.2) is 61.5 Å². The normalized spacial score (nSPS) is 19.3. The van der Waals surface area contributed by atoms with E-state index in [0.29, 0.717) is 35.8 Å². The van der Waals surface area contributed by atoms with Crippen molar-refractivity contribution in [2.45, 2.75) is 12.2 Å². The Morgan fingerprint density at radius 2 is 1.66 bits per heavy atom. The molecule has 2 N–H and O–H groups in total. The highest BCUT2D eigenvalue weighted by Crippen LogP contribution is 2.25. The van der Waals surface area contributed by atoms with Crippen molar-refractivity contribution in [3.8, 4) is 6.07 Å². The third-order valence-corrected chi connectivity index (χ3v) is 5.19. The van der Waals surface area contributed by atoms with Crippen LogP contribution in [-0.2, 0) is 19.1 Å². The average Bonchev–Trinajstić information content (AvgIpc) is 3.25. The largest absolute Gasteiger partial charge is 0.447 e. The van der Waals surface area contributed by atoms with Crippen molar-refractivity contribution in [1.29, 1.82) is 5.26 Å². The number of morpholine rings is 1. The van der Waals surface area contributed by atoms with Gasteiger partial charge in [0.25, 0.3) is 11.8 Å². The fourth-order valence-corrected chi connectivity index (χ4v) is 3.51. The van der Waals surface area contributed by atoms with Crippen LogP contribution in [0.15, 0.2) is 48.5 Å². The number of hydrogen-bond donors (Lipinski definition) is 2. The van der Waals surface area contributed by atoms with Gasteiger partial charge in [0.2, 0.25) is 0 Å². The van der Waals surface area contributed by atoms with Gasteiger partial charge in [0.15, 0.2) is 12.2 Å². The summed E-state index contributed by atoms with van der Waals surface area (Å²) in [6.45, 7) is 1.17. The van der Waals surface area contributed by atoms with E-state index in [2.05, 4.69) is 5.32 Å². The maximum absolute atomic E-state index is 12.9. The van der Waals surface area contributed by atoms with Gasteiger partial charge in [-0.3, -0.25) is 14.5 Å². The second-order valence-electron chi connectivity index (χ2n) is 7.19. The Kier molecular flexibility index (Phi) is 6.02. The molecule has 2 saturated heterocycles. The van der Waals surface area contributed by atoms with Gasteiger partial charge in [-0.05, 0) is 48.5 Å². The van der Waals surface area contributed by atoms with Gasteiger partial charge in [-0.15, -0.1) is 0 Å². The molecule has 2 aromatic carbocycles. The first kappa shape index (κ1) is 21.3. The van der Waals surface area contributed by atoms with Crippen LogP contribution in [0.1, 0.15) is 5.56 Å². The molecule has 0 radical (unpaired) electrons. The molecule has 10 heteroatoms. The number of benzene rings is 2. The third-order valence-electron chi connectivity index (χ3n) is 5.19. The van der Waals surface area contributed by atoms with Crippen LogP contribution < -0.4 is 15.1 Å². The number of nitrogens with one attached hydrogen (secondary N) is 1. The van der Waals surface area contributed by atoms with E-state index < -0.39 is 30.1 Å². The summed E-state index contributed by atoms with van der Waals surface area (Å²) in [4.78, 5) is 40.0. The molecule has 2 aromatic rings. The van der Waals surface area contributed by atoms with E-state index in [1.54, 1.807) is 24.3 Å². The van der Waals surface area contributed by atoms with Crippen LogP contribution in [0.4, 0.5) is 21.9 Å². The Hall–Kier alpha value is -3.94. The highest BCUT2D eigenvalue weighted by molar-refractivity contribution is 6.04. The van der Waals surface area contributed by atoms with Crippen LogP contribution >= 0.6 is 0 Å². The van der Waals surface area contributed by atoms with E-state index in [-0.39, 0.29) is 13.2 Å². The molecule has 164 valence electrons. The summed E-state index contributed by atoms with van der Waals surface area (Å²) in [6.07, 6.45) is -3.51. The van der Waals surface area contributed by atoms with Crippen molar-refractivity contribution >= 4 is 35.0 Å². The lowest BCUT2D eigenvalue weighted by molar-refractivity contribution is -0.150. The molecule has 0 bridgehead atoms. The lowest BCUT2D eigenvalue weighted by Gasteiger charge is -2.34. The van der Waals surface area contributed by atoms with E-state index in [1.165, 1.54) is 34.1 Å². The van der Waals surface area contributed by atoms with Gasteiger partial charge in [-0.1, -0.05) is 0 Å². The van der Waals surface area contributed by atoms with Gasteiger partial charge in [0.1, 0.15) is 6.61 Å². The number of nitrogens with zero attached hydrogens (tertiary/aromatic N) is 3. The fraction of sp³-hybridized carbons (Fsp3) is 0.273. The number of amides is 3. The highest BCUT2D eigenvalue weighted by atomic mass is 16.6. The van der Waals surface area contributed by atoms with Gasteiger partial charge < -0.3 is 24.8 Å². The molecule has 0 aromatic heterocycles. The minimum atomic E-state index is -1.72. The highest BCUT2D eigenvalue weighted by Gasteiger charge is 2.39. The first-order valence-corrected chi connectivity index (χ1v) is 9.94. The van der Waals surface area contributed by atoms with Crippen LogP contribution in [0, 0.1) is 11.3 Å². The van der Waals surface area contributed by atoms with Gasteiger partial charge in [0, 0.05) is 23.6 Å². The lowest BCUT2D eigenvalue weighted by Crippen LogP contribution is -2.55. The van der Waals surface area contributed by atoms with Crippen LogP contribution in [0.2, 0.25) is 0 Å². The van der Waals surface area contributed by atoms with E-state index >= 15 is 0 Å². The third kappa shape index (κ3) is 4.25. The predicted molar refractivity (Wildman–Crippen MR) is 113 cm³/mol. The predicted octanol–water partition coefficient (Wildman–Crippen LogP) is 1.25. The molecule has 0 aliphatic carbocycles. The molecule has 2 aliphatic rings. The summed E-state index contributed by atoms with van der Waals surface area (Å²) >= 11 is 0. The molecular formula is C22H20N4O6. The molecule has 2 heterocycles. The molecule has 10 nitrogen and oxygen atoms in total. The molecule has 2 atom stereocenters. The Balaban J connectivity index is 1.43. The van der Waals surface area contributed by atoms with Gasteiger partial charge >= 0.3 is 6.09 Å². The Morgan fingerprint density at radius 1 is 1.03 bits per heavy atom. The van der Waals surface area contributed by atoms with E-state index in [0.717, 1.165) is 0 Å². The molecule has 0 spiro atoms. The average molecular weight is 436 g/mol. The number of cyclic esters (lactones) is 1. The zero-order valence-electron chi connectivity index (χ0n) is 16.9. The number of carbonyl (C=O) groups excluding carboxylic acids is 3. The summed E-state index contributed by atoms with van der Waals surface area (Å²) in [7, 11) is 0. The minimum Gasteiger partial charge on any atom is -0.447 e. The maximum atomic E-state index is 12.9. The number of carbonyl (C=O) groups is 3. The van der Waals surface area contributed by atoms with Crippen LogP contribution in [0.5, 0.6) is 0 Å². The topological polar surface area (TPSA) is 132 Å². The van der Waals surface area contributed by atoms with Crippen molar-refractivity contribution in [3.05, 3.63) is 54.1 Å². The molecule has 2 aliphatic heterocycles. The lowest BCUT2D eigenvalue weighted by atomic mass is 10.1. The molecule has 2 fully saturated rings. The summed E-state index contributed by atoms with van der Waals surface area (Å²) < 4.78 is 10.3. The van der Waals surface area contributed by atoms with Crippen molar-refractivity contribution in [2.75, 3.05) is 41.4 Å². The second-order valence-corrected chi connectivity index (χ2v) is 7.19. The zero-order chi connectivity index (χ0) is 22.7. The summed E-state index contributed by atoms with van der Waals surface area (Å²) in [5, 5.41) is 21.8. The summed E-state index contributed by atoms with van der Waals surface area (Å²) in [6, 6.07) is 14.8. The van der Waals surface area contributed by atoms with E-state index in [9.17, 15) is 19.5 Å². The first-order chi connectivity index (χ1) is 15.5. The number of nitriles is 1. The van der Waals surface area contributed by atoms with Crippen molar-refractivity contribution in [3.63, 3.8) is 0 Å². The smallest absolute Gasteiger partial charge is 0.414 e. The minimum absolute atomic E-state index is 0.137. The summed E-state index contributed by atoms with van der Waals surface area (Å²) in [5.74, 6) is -1.34. The van der Waals surface area contributed by atoms with Crippen LogP contribution in [0.25, 0.3) is 0 Å². The standard InChI is InChI=1S/C22H20N4O6/c23-13-14-1-3-15(4-2-14)24-20(28)18(27)19-21(29)25(9-11-31-19)16-5-7-17(8-6-16)26-10-12-32-22(26)30/h1-8,18-19,27H,9-12H2,(H,24,28)/t18?,19-/m1/s1. The summed E-state index contributed by atoms with van der Waals surface area (Å²) in [5.41, 5.74) is 2.01. The second kappa shape index (κ2) is 9.05. The Bertz CT molecular complexity index is 1060.